The molecular weight excluding hydrogens is 420 g/mol. The van der Waals surface area contributed by atoms with Crippen molar-refractivity contribution < 1.29 is 14.3 Å². The van der Waals surface area contributed by atoms with Gasteiger partial charge in [0.1, 0.15) is 5.60 Å². The van der Waals surface area contributed by atoms with Gasteiger partial charge in [-0.3, -0.25) is 4.79 Å². The molecule has 0 radical (unpaired) electrons. The van der Waals surface area contributed by atoms with Gasteiger partial charge in [0.2, 0.25) is 0 Å². The topological polar surface area (TPSA) is 58.6 Å². The highest BCUT2D eigenvalue weighted by atomic mass is 32.1. The Morgan fingerprint density at radius 3 is 2.31 bits per heavy atom. The maximum absolute atomic E-state index is 13.0. The van der Waals surface area contributed by atoms with Crippen LogP contribution in [-0.4, -0.2) is 35.6 Å². The SMILES string of the molecule is CC(C)c1ccc(C(=O)NC(CC2CCN(C(=O)OC(C)(C)C)CC2)c2ccccc2)s1. The number of piperidine rings is 1. The van der Waals surface area contributed by atoms with Crippen molar-refractivity contribution in [1.29, 1.82) is 0 Å². The first kappa shape index (κ1) is 24.3. The van der Waals surface area contributed by atoms with Crippen LogP contribution in [-0.2, 0) is 4.74 Å². The second-order valence-corrected chi connectivity index (χ2v) is 11.1. The van der Waals surface area contributed by atoms with E-state index in [1.54, 1.807) is 16.2 Å². The summed E-state index contributed by atoms with van der Waals surface area (Å²) in [5.41, 5.74) is 0.643. The van der Waals surface area contributed by atoms with Crippen LogP contribution < -0.4 is 5.32 Å². The predicted molar refractivity (Wildman–Crippen MR) is 130 cm³/mol. The molecule has 2 amide bonds. The normalized spacial score (nSPS) is 16.1. The Kier molecular flexibility index (Phi) is 7.99. The van der Waals surface area contributed by atoms with Crippen LogP contribution in [0.2, 0.25) is 0 Å². The molecule has 2 aromatic rings. The van der Waals surface area contributed by atoms with Gasteiger partial charge in [-0.25, -0.2) is 4.79 Å². The summed E-state index contributed by atoms with van der Waals surface area (Å²) in [6.07, 6.45) is 2.45. The van der Waals surface area contributed by atoms with Crippen LogP contribution in [0.5, 0.6) is 0 Å². The van der Waals surface area contributed by atoms with Crippen molar-refractivity contribution in [2.45, 2.75) is 71.4 Å². The summed E-state index contributed by atoms with van der Waals surface area (Å²) >= 11 is 1.57. The molecule has 1 aliphatic heterocycles. The number of carbonyl (C=O) groups is 2. The maximum atomic E-state index is 13.0. The predicted octanol–water partition coefficient (Wildman–Crippen LogP) is 6.38. The first-order valence-corrected chi connectivity index (χ1v) is 12.4. The molecule has 1 N–H and O–H groups in total. The number of hydrogen-bond donors (Lipinski definition) is 1. The number of likely N-dealkylation sites (tertiary alicyclic amines) is 1. The number of nitrogens with zero attached hydrogens (tertiary/aromatic N) is 1. The third-order valence-electron chi connectivity index (χ3n) is 5.76. The van der Waals surface area contributed by atoms with E-state index in [4.69, 9.17) is 4.74 Å². The molecule has 0 saturated carbocycles. The van der Waals surface area contributed by atoms with E-state index in [0.717, 1.165) is 29.7 Å². The Labute approximate surface area is 196 Å². The van der Waals surface area contributed by atoms with Gasteiger partial charge in [-0.15, -0.1) is 11.3 Å². The van der Waals surface area contributed by atoms with Crippen LogP contribution >= 0.6 is 11.3 Å². The Morgan fingerprint density at radius 1 is 1.09 bits per heavy atom. The fourth-order valence-electron chi connectivity index (χ4n) is 3.99. The fourth-order valence-corrected chi connectivity index (χ4v) is 4.90. The number of carbonyl (C=O) groups excluding carboxylic acids is 2. The number of ether oxygens (including phenoxy) is 1. The highest BCUT2D eigenvalue weighted by molar-refractivity contribution is 7.14. The molecule has 1 aromatic carbocycles. The van der Waals surface area contributed by atoms with Gasteiger partial charge in [0, 0.05) is 18.0 Å². The largest absolute Gasteiger partial charge is 0.444 e. The molecule has 3 rings (SSSR count). The zero-order chi connectivity index (χ0) is 23.3. The monoisotopic (exact) mass is 456 g/mol. The molecule has 1 aliphatic rings. The van der Waals surface area contributed by atoms with E-state index >= 15 is 0 Å². The molecule has 1 aromatic heterocycles. The number of benzene rings is 1. The molecule has 0 aliphatic carbocycles. The number of amides is 2. The zero-order valence-electron chi connectivity index (χ0n) is 19.9. The van der Waals surface area contributed by atoms with Gasteiger partial charge in [-0.2, -0.15) is 0 Å². The lowest BCUT2D eigenvalue weighted by Crippen LogP contribution is -2.42. The van der Waals surface area contributed by atoms with Gasteiger partial charge in [0.05, 0.1) is 10.9 Å². The molecule has 6 heteroatoms. The molecule has 1 unspecified atom stereocenters. The average Bonchev–Trinajstić information content (AvgIpc) is 3.24. The molecule has 32 heavy (non-hydrogen) atoms. The number of thiophene rings is 1. The maximum Gasteiger partial charge on any atom is 0.410 e. The van der Waals surface area contributed by atoms with Crippen LogP contribution in [0.3, 0.4) is 0 Å². The van der Waals surface area contributed by atoms with Crippen LogP contribution in [0.1, 0.15) is 86.0 Å². The van der Waals surface area contributed by atoms with Crippen molar-refractivity contribution in [3.05, 3.63) is 57.8 Å². The molecule has 174 valence electrons. The first-order valence-electron chi connectivity index (χ1n) is 11.6. The number of nitrogens with one attached hydrogen (secondary N) is 1. The molecule has 5 nitrogen and oxygen atoms in total. The van der Waals surface area contributed by atoms with E-state index in [-0.39, 0.29) is 18.0 Å². The standard InChI is InChI=1S/C26H36N2O3S/c1-18(2)22-11-12-23(32-22)24(29)27-21(20-9-7-6-8-10-20)17-19-13-15-28(16-14-19)25(30)31-26(3,4)5/h6-12,18-19,21H,13-17H2,1-5H3,(H,27,29). The number of hydrogen-bond acceptors (Lipinski definition) is 4. The summed E-state index contributed by atoms with van der Waals surface area (Å²) in [5, 5.41) is 3.28. The van der Waals surface area contributed by atoms with E-state index in [1.165, 1.54) is 4.88 Å². The summed E-state index contributed by atoms with van der Waals surface area (Å²) in [5.74, 6) is 0.845. The smallest absolute Gasteiger partial charge is 0.410 e. The van der Waals surface area contributed by atoms with Crippen molar-refractivity contribution >= 4 is 23.3 Å². The zero-order valence-corrected chi connectivity index (χ0v) is 20.7. The van der Waals surface area contributed by atoms with Crippen LogP contribution in [0.4, 0.5) is 4.79 Å². The molecule has 0 bridgehead atoms. The van der Waals surface area contributed by atoms with E-state index < -0.39 is 5.60 Å². The van der Waals surface area contributed by atoms with Crippen molar-refractivity contribution in [3.63, 3.8) is 0 Å². The van der Waals surface area contributed by atoms with Crippen LogP contribution in [0.15, 0.2) is 42.5 Å². The van der Waals surface area contributed by atoms with Gasteiger partial charge < -0.3 is 15.0 Å². The van der Waals surface area contributed by atoms with Crippen molar-refractivity contribution in [2.75, 3.05) is 13.1 Å². The van der Waals surface area contributed by atoms with E-state index in [0.29, 0.717) is 24.9 Å². The van der Waals surface area contributed by atoms with Crippen LogP contribution in [0, 0.1) is 5.92 Å². The highest BCUT2D eigenvalue weighted by Crippen LogP contribution is 2.30. The second kappa shape index (κ2) is 10.5. The lowest BCUT2D eigenvalue weighted by molar-refractivity contribution is 0.0178. The summed E-state index contributed by atoms with van der Waals surface area (Å²) < 4.78 is 5.51. The molecule has 0 spiro atoms. The molecule has 1 fully saturated rings. The third-order valence-corrected chi connectivity index (χ3v) is 7.15. The Balaban J connectivity index is 1.63. The second-order valence-electron chi connectivity index (χ2n) is 9.94. The molecule has 1 saturated heterocycles. The summed E-state index contributed by atoms with van der Waals surface area (Å²) in [7, 11) is 0. The van der Waals surface area contributed by atoms with E-state index in [2.05, 4.69) is 31.3 Å². The summed E-state index contributed by atoms with van der Waals surface area (Å²) in [6.45, 7) is 11.3. The van der Waals surface area contributed by atoms with Crippen molar-refractivity contribution in [1.82, 2.24) is 10.2 Å². The number of rotatable bonds is 6. The molecule has 1 atom stereocenters. The minimum atomic E-state index is -0.478. The first-order chi connectivity index (χ1) is 15.1. The summed E-state index contributed by atoms with van der Waals surface area (Å²) in [6, 6.07) is 14.1. The third kappa shape index (κ3) is 6.83. The Morgan fingerprint density at radius 2 is 1.75 bits per heavy atom. The van der Waals surface area contributed by atoms with Gasteiger partial charge in [0.15, 0.2) is 0 Å². The van der Waals surface area contributed by atoms with Gasteiger partial charge in [0.25, 0.3) is 5.91 Å². The fraction of sp³-hybridized carbons (Fsp3) is 0.538. The van der Waals surface area contributed by atoms with Crippen molar-refractivity contribution in [3.8, 4) is 0 Å². The lowest BCUT2D eigenvalue weighted by atomic mass is 9.87. The quantitative estimate of drug-likeness (QED) is 0.549. The Bertz CT molecular complexity index is 893. The van der Waals surface area contributed by atoms with E-state index in [9.17, 15) is 9.59 Å². The van der Waals surface area contributed by atoms with Gasteiger partial charge >= 0.3 is 6.09 Å². The summed E-state index contributed by atoms with van der Waals surface area (Å²) in [4.78, 5) is 29.2. The highest BCUT2D eigenvalue weighted by Gasteiger charge is 2.29. The molecular formula is C26H36N2O3S. The minimum Gasteiger partial charge on any atom is -0.444 e. The minimum absolute atomic E-state index is 0.0121. The lowest BCUT2D eigenvalue weighted by Gasteiger charge is -2.35. The van der Waals surface area contributed by atoms with Crippen molar-refractivity contribution in [2.24, 2.45) is 5.92 Å². The average molecular weight is 457 g/mol. The molecule has 2 heterocycles. The van der Waals surface area contributed by atoms with Crippen LogP contribution in [0.25, 0.3) is 0 Å². The Hall–Kier alpha value is -2.34. The van der Waals surface area contributed by atoms with Gasteiger partial charge in [-0.05, 0) is 69.6 Å². The van der Waals surface area contributed by atoms with Gasteiger partial charge in [-0.1, -0.05) is 44.2 Å². The van der Waals surface area contributed by atoms with E-state index in [1.807, 2.05) is 51.1 Å².